The zero-order valence-corrected chi connectivity index (χ0v) is 11.9. The van der Waals surface area contributed by atoms with Gasteiger partial charge in [-0.25, -0.2) is 0 Å². The van der Waals surface area contributed by atoms with Gasteiger partial charge in [0.2, 0.25) is 0 Å². The largest absolute Gasteiger partial charge is 0.0683 e. The second-order valence-corrected chi connectivity index (χ2v) is 4.78. The van der Waals surface area contributed by atoms with Gasteiger partial charge < -0.3 is 0 Å². The number of hydrogen-bond acceptors (Lipinski definition) is 0. The second-order valence-electron chi connectivity index (χ2n) is 4.78. The molecule has 0 saturated carbocycles. The Labute approximate surface area is 102 Å². The lowest BCUT2D eigenvalue weighted by molar-refractivity contribution is 0.517. The van der Waals surface area contributed by atoms with E-state index in [0.29, 0.717) is 5.92 Å². The monoisotopic (exact) mass is 220 g/mol. The Morgan fingerprint density at radius 2 is 1.38 bits per heavy atom. The molecule has 0 aromatic heterocycles. The molecule has 0 heterocycles. The summed E-state index contributed by atoms with van der Waals surface area (Å²) in [6, 6.07) is 8.95. The molecular formula is C16H28. The maximum atomic E-state index is 2.33. The molecule has 0 bridgehead atoms. The van der Waals surface area contributed by atoms with Crippen LogP contribution in [0.25, 0.3) is 0 Å². The fourth-order valence-electron chi connectivity index (χ4n) is 1.64. The van der Waals surface area contributed by atoms with Crippen LogP contribution in [0.4, 0.5) is 0 Å². The molecule has 1 rings (SSSR count). The molecule has 1 atom stereocenters. The minimum Gasteiger partial charge on any atom is -0.0683 e. The third-order valence-corrected chi connectivity index (χ3v) is 2.82. The van der Waals surface area contributed by atoms with E-state index in [0.717, 1.165) is 5.92 Å². The van der Waals surface area contributed by atoms with E-state index in [2.05, 4.69) is 52.0 Å². The van der Waals surface area contributed by atoms with Crippen molar-refractivity contribution in [3.63, 3.8) is 0 Å². The molecule has 92 valence electrons. The molecule has 0 N–H and O–H groups in total. The van der Waals surface area contributed by atoms with Crippen LogP contribution in [0.3, 0.4) is 0 Å². The fourth-order valence-corrected chi connectivity index (χ4v) is 1.64. The highest BCUT2D eigenvalue weighted by Crippen LogP contribution is 2.22. The molecule has 0 fully saturated rings. The summed E-state index contributed by atoms with van der Waals surface area (Å²) in [5, 5.41) is 0. The van der Waals surface area contributed by atoms with Gasteiger partial charge in [0.05, 0.1) is 0 Å². The molecule has 0 aliphatic heterocycles. The summed E-state index contributed by atoms with van der Waals surface area (Å²) in [5.74, 6) is 1.53. The molecule has 0 aliphatic rings. The number of benzene rings is 1. The van der Waals surface area contributed by atoms with Crippen molar-refractivity contribution in [3.8, 4) is 0 Å². The average Bonchev–Trinajstić information content (AvgIpc) is 2.29. The maximum Gasteiger partial charge on any atom is -0.0190 e. The SMILES string of the molecule is CC.Cc1ccc(C(C)CCC(C)C)cc1. The van der Waals surface area contributed by atoms with E-state index in [1.54, 1.807) is 0 Å². The Morgan fingerprint density at radius 1 is 0.875 bits per heavy atom. The van der Waals surface area contributed by atoms with Crippen LogP contribution < -0.4 is 0 Å². The summed E-state index contributed by atoms with van der Waals surface area (Å²) in [6.45, 7) is 13.1. The van der Waals surface area contributed by atoms with Crippen LogP contribution in [-0.4, -0.2) is 0 Å². The average molecular weight is 220 g/mol. The van der Waals surface area contributed by atoms with Gasteiger partial charge in [-0.3, -0.25) is 0 Å². The second kappa shape index (κ2) is 8.38. The van der Waals surface area contributed by atoms with Crippen molar-refractivity contribution in [2.75, 3.05) is 0 Å². The van der Waals surface area contributed by atoms with Gasteiger partial charge in [0.1, 0.15) is 0 Å². The Kier molecular flexibility index (Phi) is 7.97. The van der Waals surface area contributed by atoms with Crippen LogP contribution in [0.5, 0.6) is 0 Å². The zero-order valence-electron chi connectivity index (χ0n) is 11.9. The molecule has 1 aromatic carbocycles. The Balaban J connectivity index is 0.00000106. The smallest absolute Gasteiger partial charge is 0.0190 e. The lowest BCUT2D eigenvalue weighted by Crippen LogP contribution is -1.96. The summed E-state index contributed by atoms with van der Waals surface area (Å²) in [4.78, 5) is 0. The standard InChI is InChI=1S/C14H22.C2H6/c1-11(2)5-8-13(4)14-9-6-12(3)7-10-14;1-2/h6-7,9-11,13H,5,8H2,1-4H3;1-2H3. The Hall–Kier alpha value is -0.780. The van der Waals surface area contributed by atoms with Crippen LogP contribution >= 0.6 is 0 Å². The van der Waals surface area contributed by atoms with Crippen molar-refractivity contribution in [1.29, 1.82) is 0 Å². The first-order valence-electron chi connectivity index (χ1n) is 6.66. The first-order valence-corrected chi connectivity index (χ1v) is 6.66. The zero-order chi connectivity index (χ0) is 12.6. The molecule has 1 unspecified atom stereocenters. The quantitative estimate of drug-likeness (QED) is 0.623. The third-order valence-electron chi connectivity index (χ3n) is 2.82. The van der Waals surface area contributed by atoms with Gasteiger partial charge in [0, 0.05) is 0 Å². The van der Waals surface area contributed by atoms with Gasteiger partial charge in [0.15, 0.2) is 0 Å². The third kappa shape index (κ3) is 5.95. The predicted molar refractivity (Wildman–Crippen MR) is 75.0 cm³/mol. The number of rotatable bonds is 4. The van der Waals surface area contributed by atoms with Crippen LogP contribution in [0, 0.1) is 12.8 Å². The van der Waals surface area contributed by atoms with Gasteiger partial charge >= 0.3 is 0 Å². The molecule has 16 heavy (non-hydrogen) atoms. The highest BCUT2D eigenvalue weighted by molar-refractivity contribution is 5.23. The van der Waals surface area contributed by atoms with Crippen molar-refractivity contribution >= 4 is 0 Å². The van der Waals surface area contributed by atoms with Crippen LogP contribution in [0.15, 0.2) is 24.3 Å². The van der Waals surface area contributed by atoms with E-state index >= 15 is 0 Å². The van der Waals surface area contributed by atoms with E-state index < -0.39 is 0 Å². The molecule has 0 spiro atoms. The lowest BCUT2D eigenvalue weighted by atomic mass is 9.92. The van der Waals surface area contributed by atoms with Crippen molar-refractivity contribution in [3.05, 3.63) is 35.4 Å². The highest BCUT2D eigenvalue weighted by atomic mass is 14.1. The molecule has 1 aromatic rings. The first kappa shape index (κ1) is 15.2. The predicted octanol–water partition coefficient (Wildman–Crippen LogP) is 5.56. The Morgan fingerprint density at radius 3 is 1.81 bits per heavy atom. The molecule has 0 nitrogen and oxygen atoms in total. The van der Waals surface area contributed by atoms with Gasteiger partial charge in [-0.15, -0.1) is 0 Å². The van der Waals surface area contributed by atoms with E-state index in [9.17, 15) is 0 Å². The summed E-state index contributed by atoms with van der Waals surface area (Å²) in [6.07, 6.45) is 2.63. The van der Waals surface area contributed by atoms with Gasteiger partial charge in [-0.2, -0.15) is 0 Å². The number of aryl methyl sites for hydroxylation is 1. The topological polar surface area (TPSA) is 0 Å². The minimum atomic E-state index is 0.706. The van der Waals surface area contributed by atoms with E-state index in [1.807, 2.05) is 13.8 Å². The molecule has 0 aliphatic carbocycles. The van der Waals surface area contributed by atoms with Crippen LogP contribution in [0.2, 0.25) is 0 Å². The minimum absolute atomic E-state index is 0.706. The highest BCUT2D eigenvalue weighted by Gasteiger charge is 2.05. The lowest BCUT2D eigenvalue weighted by Gasteiger charge is -2.13. The van der Waals surface area contributed by atoms with Crippen molar-refractivity contribution in [2.45, 2.75) is 60.3 Å². The first-order chi connectivity index (χ1) is 7.59. The summed E-state index contributed by atoms with van der Waals surface area (Å²) in [5.41, 5.74) is 2.83. The molecule has 0 amide bonds. The van der Waals surface area contributed by atoms with Crippen LogP contribution in [0.1, 0.15) is 64.5 Å². The van der Waals surface area contributed by atoms with Crippen molar-refractivity contribution in [1.82, 2.24) is 0 Å². The van der Waals surface area contributed by atoms with Crippen LogP contribution in [-0.2, 0) is 0 Å². The van der Waals surface area contributed by atoms with E-state index in [4.69, 9.17) is 0 Å². The van der Waals surface area contributed by atoms with E-state index in [-0.39, 0.29) is 0 Å². The summed E-state index contributed by atoms with van der Waals surface area (Å²) >= 11 is 0. The molecule has 0 heteroatoms. The molecule has 0 saturated heterocycles. The fraction of sp³-hybridized carbons (Fsp3) is 0.625. The maximum absolute atomic E-state index is 2.33. The van der Waals surface area contributed by atoms with Gasteiger partial charge in [-0.05, 0) is 30.7 Å². The normalized spacial score (nSPS) is 11.9. The van der Waals surface area contributed by atoms with Gasteiger partial charge in [0.25, 0.3) is 0 Å². The molecular weight excluding hydrogens is 192 g/mol. The Bertz CT molecular complexity index is 256. The van der Waals surface area contributed by atoms with Crippen molar-refractivity contribution < 1.29 is 0 Å². The summed E-state index contributed by atoms with van der Waals surface area (Å²) < 4.78 is 0. The van der Waals surface area contributed by atoms with Gasteiger partial charge in [-0.1, -0.05) is 70.9 Å². The van der Waals surface area contributed by atoms with E-state index in [1.165, 1.54) is 24.0 Å². The van der Waals surface area contributed by atoms with Crippen molar-refractivity contribution in [2.24, 2.45) is 5.92 Å². The number of hydrogen-bond donors (Lipinski definition) is 0. The molecule has 0 radical (unpaired) electrons. The summed E-state index contributed by atoms with van der Waals surface area (Å²) in [7, 11) is 0.